The van der Waals surface area contributed by atoms with Crippen molar-refractivity contribution in [3.05, 3.63) is 77.9 Å². The standard InChI is InChI=1S/C22H21NO4/c1-15(16-8-4-3-5-9-16)23(2)20(24)14-27-22(26)19-13-12-17-10-6-7-11-18(17)21(19)25/h3-13,15,25H,14H2,1-2H3/t15-/m1/s1. The number of fused-ring (bicyclic) bond motifs is 1. The van der Waals surface area contributed by atoms with Crippen LogP contribution in [0.1, 0.15) is 28.9 Å². The number of phenols is 1. The Morgan fingerprint density at radius 2 is 1.67 bits per heavy atom. The Bertz CT molecular complexity index is 968. The fraction of sp³-hybridized carbons (Fsp3) is 0.182. The molecule has 3 aromatic carbocycles. The Hall–Kier alpha value is -3.34. The lowest BCUT2D eigenvalue weighted by Crippen LogP contribution is -2.33. The molecule has 0 aliphatic carbocycles. The van der Waals surface area contributed by atoms with Gasteiger partial charge in [0.05, 0.1) is 6.04 Å². The second-order valence-electron chi connectivity index (χ2n) is 6.35. The molecule has 0 bridgehead atoms. The van der Waals surface area contributed by atoms with E-state index >= 15 is 0 Å². The van der Waals surface area contributed by atoms with E-state index in [1.165, 1.54) is 11.0 Å². The van der Waals surface area contributed by atoms with Crippen molar-refractivity contribution < 1.29 is 19.4 Å². The highest BCUT2D eigenvalue weighted by Gasteiger charge is 2.20. The first-order chi connectivity index (χ1) is 13.0. The highest BCUT2D eigenvalue weighted by molar-refractivity contribution is 6.01. The van der Waals surface area contributed by atoms with E-state index in [-0.39, 0.29) is 23.3 Å². The van der Waals surface area contributed by atoms with Gasteiger partial charge in [-0.3, -0.25) is 4.79 Å². The summed E-state index contributed by atoms with van der Waals surface area (Å²) in [4.78, 5) is 26.2. The summed E-state index contributed by atoms with van der Waals surface area (Å²) in [6.07, 6.45) is 0. The Labute approximate surface area is 157 Å². The van der Waals surface area contributed by atoms with Gasteiger partial charge in [-0.1, -0.05) is 60.7 Å². The lowest BCUT2D eigenvalue weighted by molar-refractivity contribution is -0.135. The maximum Gasteiger partial charge on any atom is 0.342 e. The summed E-state index contributed by atoms with van der Waals surface area (Å²) in [5.41, 5.74) is 1.03. The molecule has 0 aliphatic heterocycles. The third-order valence-electron chi connectivity index (χ3n) is 4.70. The molecule has 0 spiro atoms. The van der Waals surface area contributed by atoms with Crippen molar-refractivity contribution in [3.8, 4) is 5.75 Å². The van der Waals surface area contributed by atoms with Crippen LogP contribution in [0.3, 0.4) is 0 Å². The van der Waals surface area contributed by atoms with Gasteiger partial charge in [0.2, 0.25) is 0 Å². The molecule has 0 aliphatic rings. The second kappa shape index (κ2) is 7.91. The van der Waals surface area contributed by atoms with Gasteiger partial charge >= 0.3 is 5.97 Å². The summed E-state index contributed by atoms with van der Waals surface area (Å²) < 4.78 is 5.14. The molecule has 0 radical (unpaired) electrons. The van der Waals surface area contributed by atoms with Crippen molar-refractivity contribution in [2.24, 2.45) is 0 Å². The number of benzene rings is 3. The van der Waals surface area contributed by atoms with Gasteiger partial charge in [0.15, 0.2) is 6.61 Å². The zero-order valence-corrected chi connectivity index (χ0v) is 15.3. The molecule has 27 heavy (non-hydrogen) atoms. The number of carbonyl (C=O) groups is 2. The third-order valence-corrected chi connectivity index (χ3v) is 4.70. The van der Waals surface area contributed by atoms with E-state index in [1.807, 2.05) is 49.4 Å². The van der Waals surface area contributed by atoms with Crippen LogP contribution < -0.4 is 0 Å². The predicted molar refractivity (Wildman–Crippen MR) is 104 cm³/mol. The van der Waals surface area contributed by atoms with Gasteiger partial charge in [0, 0.05) is 12.4 Å². The SMILES string of the molecule is C[C@H](c1ccccc1)N(C)C(=O)COC(=O)c1ccc2ccccc2c1O. The number of nitrogens with zero attached hydrogens (tertiary/aromatic N) is 1. The first-order valence-corrected chi connectivity index (χ1v) is 8.67. The normalized spacial score (nSPS) is 11.8. The molecule has 1 atom stereocenters. The summed E-state index contributed by atoms with van der Waals surface area (Å²) in [5, 5.41) is 11.7. The number of hydrogen-bond acceptors (Lipinski definition) is 4. The molecule has 3 rings (SSSR count). The minimum Gasteiger partial charge on any atom is -0.506 e. The van der Waals surface area contributed by atoms with Crippen LogP contribution in [0.2, 0.25) is 0 Å². The first kappa shape index (κ1) is 18.5. The van der Waals surface area contributed by atoms with E-state index in [1.54, 1.807) is 25.2 Å². The quantitative estimate of drug-likeness (QED) is 0.698. The van der Waals surface area contributed by atoms with Crippen LogP contribution in [0.4, 0.5) is 0 Å². The average Bonchev–Trinajstić information content (AvgIpc) is 2.71. The monoisotopic (exact) mass is 363 g/mol. The van der Waals surface area contributed by atoms with Crippen LogP contribution in [0.5, 0.6) is 5.75 Å². The zero-order valence-electron chi connectivity index (χ0n) is 15.3. The van der Waals surface area contributed by atoms with Gasteiger partial charge in [-0.2, -0.15) is 0 Å². The lowest BCUT2D eigenvalue weighted by Gasteiger charge is -2.25. The van der Waals surface area contributed by atoms with E-state index in [4.69, 9.17) is 4.74 Å². The van der Waals surface area contributed by atoms with Crippen molar-refractivity contribution in [2.45, 2.75) is 13.0 Å². The van der Waals surface area contributed by atoms with E-state index in [0.717, 1.165) is 10.9 Å². The summed E-state index contributed by atoms with van der Waals surface area (Å²) in [5.74, 6) is -1.19. The van der Waals surface area contributed by atoms with E-state index < -0.39 is 12.6 Å². The number of rotatable bonds is 5. The van der Waals surface area contributed by atoms with Crippen LogP contribution in [-0.4, -0.2) is 35.5 Å². The number of carbonyl (C=O) groups excluding carboxylic acids is 2. The number of amides is 1. The predicted octanol–water partition coefficient (Wildman–Crippen LogP) is 3.92. The van der Waals surface area contributed by atoms with Crippen molar-refractivity contribution >= 4 is 22.6 Å². The molecule has 3 aromatic rings. The molecule has 0 saturated heterocycles. The van der Waals surface area contributed by atoms with Gasteiger partial charge in [-0.05, 0) is 23.9 Å². The summed E-state index contributed by atoms with van der Waals surface area (Å²) >= 11 is 0. The van der Waals surface area contributed by atoms with Crippen LogP contribution in [0.25, 0.3) is 10.8 Å². The molecule has 1 amide bonds. The molecule has 1 N–H and O–H groups in total. The van der Waals surface area contributed by atoms with Crippen molar-refractivity contribution in [1.29, 1.82) is 0 Å². The smallest absolute Gasteiger partial charge is 0.342 e. The summed E-state index contributed by atoms with van der Waals surface area (Å²) in [7, 11) is 1.67. The fourth-order valence-electron chi connectivity index (χ4n) is 2.90. The molecule has 0 heterocycles. The molecule has 0 fully saturated rings. The summed E-state index contributed by atoms with van der Waals surface area (Å²) in [6, 6.07) is 19.9. The maximum absolute atomic E-state index is 12.4. The maximum atomic E-state index is 12.4. The number of aromatic hydroxyl groups is 1. The van der Waals surface area contributed by atoms with E-state index in [2.05, 4.69) is 0 Å². The Morgan fingerprint density at radius 3 is 2.41 bits per heavy atom. The molecule has 5 heteroatoms. The van der Waals surface area contributed by atoms with Gasteiger partial charge in [-0.25, -0.2) is 4.79 Å². The number of likely N-dealkylation sites (N-methyl/N-ethyl adjacent to an activating group) is 1. The average molecular weight is 363 g/mol. The molecular weight excluding hydrogens is 342 g/mol. The van der Waals surface area contributed by atoms with Gasteiger partial charge in [0.25, 0.3) is 5.91 Å². The van der Waals surface area contributed by atoms with Crippen molar-refractivity contribution in [2.75, 3.05) is 13.7 Å². The van der Waals surface area contributed by atoms with Crippen LogP contribution in [0, 0.1) is 0 Å². The highest BCUT2D eigenvalue weighted by Crippen LogP contribution is 2.29. The topological polar surface area (TPSA) is 66.8 Å². The Morgan fingerprint density at radius 1 is 1.00 bits per heavy atom. The molecule has 0 saturated carbocycles. The molecule has 0 aromatic heterocycles. The van der Waals surface area contributed by atoms with Crippen LogP contribution in [-0.2, 0) is 9.53 Å². The third kappa shape index (κ3) is 3.92. The largest absolute Gasteiger partial charge is 0.506 e. The fourth-order valence-corrected chi connectivity index (χ4v) is 2.90. The molecule has 138 valence electrons. The number of phenolic OH excluding ortho intramolecular Hbond substituents is 1. The molecular formula is C22H21NO4. The minimum absolute atomic E-state index is 0.0419. The highest BCUT2D eigenvalue weighted by atomic mass is 16.5. The second-order valence-corrected chi connectivity index (χ2v) is 6.35. The zero-order chi connectivity index (χ0) is 19.4. The van der Waals surface area contributed by atoms with Crippen LogP contribution in [0.15, 0.2) is 66.7 Å². The van der Waals surface area contributed by atoms with Crippen molar-refractivity contribution in [3.63, 3.8) is 0 Å². The van der Waals surface area contributed by atoms with Gasteiger partial charge < -0.3 is 14.7 Å². The molecule has 0 unspecified atom stereocenters. The number of hydrogen-bond donors (Lipinski definition) is 1. The number of ether oxygens (including phenoxy) is 1. The first-order valence-electron chi connectivity index (χ1n) is 8.67. The van der Waals surface area contributed by atoms with Crippen LogP contribution >= 0.6 is 0 Å². The number of esters is 1. The summed E-state index contributed by atoms with van der Waals surface area (Å²) in [6.45, 7) is 1.52. The minimum atomic E-state index is -0.729. The van der Waals surface area contributed by atoms with Crippen molar-refractivity contribution in [1.82, 2.24) is 4.90 Å². The lowest BCUT2D eigenvalue weighted by atomic mass is 10.1. The van der Waals surface area contributed by atoms with E-state index in [0.29, 0.717) is 5.39 Å². The van der Waals surface area contributed by atoms with Gasteiger partial charge in [-0.15, -0.1) is 0 Å². The van der Waals surface area contributed by atoms with E-state index in [9.17, 15) is 14.7 Å². The Kier molecular flexibility index (Phi) is 5.41. The molecule has 5 nitrogen and oxygen atoms in total. The Balaban J connectivity index is 1.67. The van der Waals surface area contributed by atoms with Gasteiger partial charge in [0.1, 0.15) is 11.3 Å².